The fourth-order valence-electron chi connectivity index (χ4n) is 4.28. The lowest BCUT2D eigenvalue weighted by Gasteiger charge is -2.28. The molecule has 2 aromatic carbocycles. The Morgan fingerprint density at radius 3 is 2.30 bits per heavy atom. The third-order valence-corrected chi connectivity index (χ3v) is 6.28. The highest BCUT2D eigenvalue weighted by Crippen LogP contribution is 2.41. The number of benzene rings is 2. The summed E-state index contributed by atoms with van der Waals surface area (Å²) < 4.78 is 28.4. The van der Waals surface area contributed by atoms with Gasteiger partial charge in [-0.05, 0) is 69.6 Å². The maximum absolute atomic E-state index is 12.8. The molecule has 1 aromatic heterocycles. The summed E-state index contributed by atoms with van der Waals surface area (Å²) in [4.78, 5) is 15.1. The van der Waals surface area contributed by atoms with Crippen molar-refractivity contribution < 1.29 is 23.4 Å². The molecule has 0 saturated carbocycles. The summed E-state index contributed by atoms with van der Waals surface area (Å²) >= 11 is 0. The Balaban J connectivity index is 1.58. The number of fused-ring (bicyclic) bond motifs is 1. The van der Waals surface area contributed by atoms with Gasteiger partial charge in [0.1, 0.15) is 17.1 Å². The summed E-state index contributed by atoms with van der Waals surface area (Å²) in [6.45, 7) is 2.95. The highest BCUT2D eigenvalue weighted by Gasteiger charge is 2.18. The molecule has 0 atom stereocenters. The van der Waals surface area contributed by atoms with E-state index in [0.717, 1.165) is 19.5 Å². The van der Waals surface area contributed by atoms with Crippen molar-refractivity contribution in [2.24, 2.45) is 5.92 Å². The van der Waals surface area contributed by atoms with E-state index in [9.17, 15) is 4.79 Å². The monoisotopic (exact) mass is 453 g/mol. The normalized spacial score (nSPS) is 14.9. The molecule has 0 N–H and O–H groups in total. The second kappa shape index (κ2) is 10.2. The number of rotatable bonds is 8. The predicted molar refractivity (Wildman–Crippen MR) is 128 cm³/mol. The number of hydrogen-bond donors (Lipinski definition) is 0. The van der Waals surface area contributed by atoms with E-state index in [-0.39, 0.29) is 5.43 Å². The number of likely N-dealkylation sites (tertiary alicyclic amines) is 1. The third-order valence-electron chi connectivity index (χ3n) is 6.28. The molecule has 176 valence electrons. The fraction of sp³-hybridized carbons (Fsp3) is 0.423. The Kier molecular flexibility index (Phi) is 7.08. The molecular weight excluding hydrogens is 422 g/mol. The molecule has 0 spiro atoms. The van der Waals surface area contributed by atoms with E-state index < -0.39 is 0 Å². The van der Waals surface area contributed by atoms with Crippen LogP contribution in [0.2, 0.25) is 0 Å². The van der Waals surface area contributed by atoms with Crippen LogP contribution in [-0.4, -0.2) is 53.0 Å². The Hall–Kier alpha value is -3.19. The summed E-state index contributed by atoms with van der Waals surface area (Å²) in [5.41, 5.74) is 0.998. The summed E-state index contributed by atoms with van der Waals surface area (Å²) in [7, 11) is 6.81. The topological polar surface area (TPSA) is 70.4 Å². The maximum atomic E-state index is 12.8. The molecule has 0 radical (unpaired) electrons. The van der Waals surface area contributed by atoms with Gasteiger partial charge < -0.3 is 28.3 Å². The first-order valence-corrected chi connectivity index (χ1v) is 11.2. The van der Waals surface area contributed by atoms with Crippen LogP contribution in [0.25, 0.3) is 22.3 Å². The van der Waals surface area contributed by atoms with Crippen molar-refractivity contribution >= 4 is 11.0 Å². The number of piperidine rings is 1. The Labute approximate surface area is 193 Å². The third kappa shape index (κ3) is 5.09. The first-order chi connectivity index (χ1) is 16.0. The van der Waals surface area contributed by atoms with Crippen LogP contribution in [0.1, 0.15) is 19.3 Å². The molecule has 0 unspecified atom stereocenters. The standard InChI is InChI=1S/C26H31NO6/c1-27-10-7-17(8-11-27)9-12-32-19-5-6-20-21(28)16-22(33-23(20)15-19)18-13-24(29-2)26(31-4)25(14-18)30-3/h5-6,13-17H,7-12H2,1-4H3. The Bertz CT molecular complexity index is 1140. The SMILES string of the molecule is COc1cc(-c2cc(=O)c3ccc(OCCC4CCN(C)CC4)cc3o2)cc(OC)c1OC. The molecule has 7 nitrogen and oxygen atoms in total. The molecule has 1 saturated heterocycles. The number of nitrogens with zero attached hydrogens (tertiary/aromatic N) is 1. The molecule has 3 aromatic rings. The number of ether oxygens (including phenoxy) is 4. The second-order valence-electron chi connectivity index (χ2n) is 8.43. The summed E-state index contributed by atoms with van der Waals surface area (Å²) in [6.07, 6.45) is 3.45. The molecule has 4 rings (SSSR count). The van der Waals surface area contributed by atoms with Crippen LogP contribution in [0, 0.1) is 5.92 Å². The van der Waals surface area contributed by atoms with Crippen molar-refractivity contribution in [2.45, 2.75) is 19.3 Å². The molecule has 0 bridgehead atoms. The molecule has 33 heavy (non-hydrogen) atoms. The first kappa shape index (κ1) is 23.0. The summed E-state index contributed by atoms with van der Waals surface area (Å²) in [5.74, 6) is 3.26. The molecule has 1 fully saturated rings. The molecule has 1 aliphatic heterocycles. The average molecular weight is 454 g/mol. The number of methoxy groups -OCH3 is 3. The van der Waals surface area contributed by atoms with Gasteiger partial charge in [0.15, 0.2) is 16.9 Å². The van der Waals surface area contributed by atoms with Gasteiger partial charge in [0.25, 0.3) is 0 Å². The first-order valence-electron chi connectivity index (χ1n) is 11.2. The van der Waals surface area contributed by atoms with E-state index in [2.05, 4.69) is 11.9 Å². The highest BCUT2D eigenvalue weighted by molar-refractivity contribution is 5.80. The van der Waals surface area contributed by atoms with E-state index in [0.29, 0.717) is 57.8 Å². The molecule has 7 heteroatoms. The van der Waals surface area contributed by atoms with Gasteiger partial charge >= 0.3 is 0 Å². The van der Waals surface area contributed by atoms with Gasteiger partial charge in [0.05, 0.1) is 33.3 Å². The number of hydrogen-bond acceptors (Lipinski definition) is 7. The van der Waals surface area contributed by atoms with E-state index in [1.165, 1.54) is 18.9 Å². The minimum atomic E-state index is -0.127. The molecule has 1 aliphatic rings. The van der Waals surface area contributed by atoms with Crippen LogP contribution < -0.4 is 24.4 Å². The highest BCUT2D eigenvalue weighted by atomic mass is 16.5. The van der Waals surface area contributed by atoms with Crippen molar-refractivity contribution in [2.75, 3.05) is 48.1 Å². The Morgan fingerprint density at radius 2 is 1.67 bits per heavy atom. The summed E-state index contributed by atoms with van der Waals surface area (Å²) in [5, 5.41) is 0.508. The fourth-order valence-corrected chi connectivity index (χ4v) is 4.28. The smallest absolute Gasteiger partial charge is 0.203 e. The van der Waals surface area contributed by atoms with Crippen LogP contribution >= 0.6 is 0 Å². The molecule has 0 aliphatic carbocycles. The van der Waals surface area contributed by atoms with E-state index in [4.69, 9.17) is 23.4 Å². The minimum Gasteiger partial charge on any atom is -0.493 e. The van der Waals surface area contributed by atoms with Crippen LogP contribution in [-0.2, 0) is 0 Å². The van der Waals surface area contributed by atoms with Crippen LogP contribution in [0.3, 0.4) is 0 Å². The van der Waals surface area contributed by atoms with Gasteiger partial charge in [-0.2, -0.15) is 0 Å². The zero-order valence-electron chi connectivity index (χ0n) is 19.7. The van der Waals surface area contributed by atoms with Crippen LogP contribution in [0.4, 0.5) is 0 Å². The predicted octanol–water partition coefficient (Wildman–Crippen LogP) is 4.60. The zero-order valence-corrected chi connectivity index (χ0v) is 19.7. The van der Waals surface area contributed by atoms with Gasteiger partial charge in [0.2, 0.25) is 5.75 Å². The van der Waals surface area contributed by atoms with Gasteiger partial charge in [-0.25, -0.2) is 0 Å². The van der Waals surface area contributed by atoms with Gasteiger partial charge in [0, 0.05) is 17.7 Å². The van der Waals surface area contributed by atoms with Crippen LogP contribution in [0.5, 0.6) is 23.0 Å². The van der Waals surface area contributed by atoms with Crippen molar-refractivity contribution in [3.63, 3.8) is 0 Å². The Morgan fingerprint density at radius 1 is 0.970 bits per heavy atom. The van der Waals surface area contributed by atoms with Crippen molar-refractivity contribution in [3.05, 3.63) is 46.6 Å². The molecular formula is C26H31NO6. The lowest BCUT2D eigenvalue weighted by atomic mass is 9.94. The second-order valence-corrected chi connectivity index (χ2v) is 8.43. The van der Waals surface area contributed by atoms with Crippen LogP contribution in [0.15, 0.2) is 45.6 Å². The summed E-state index contributed by atoms with van der Waals surface area (Å²) in [6, 6.07) is 10.4. The van der Waals surface area contributed by atoms with Gasteiger partial charge in [-0.1, -0.05) is 0 Å². The zero-order chi connectivity index (χ0) is 23.4. The van der Waals surface area contributed by atoms with E-state index >= 15 is 0 Å². The quantitative estimate of drug-likeness (QED) is 0.494. The minimum absolute atomic E-state index is 0.127. The lowest BCUT2D eigenvalue weighted by molar-refractivity contribution is 0.187. The van der Waals surface area contributed by atoms with Crippen molar-refractivity contribution in [1.29, 1.82) is 0 Å². The van der Waals surface area contributed by atoms with Gasteiger partial charge in [-0.3, -0.25) is 4.79 Å². The molecule has 2 heterocycles. The van der Waals surface area contributed by atoms with Gasteiger partial charge in [-0.15, -0.1) is 0 Å². The maximum Gasteiger partial charge on any atom is 0.203 e. The average Bonchev–Trinajstić information content (AvgIpc) is 2.84. The largest absolute Gasteiger partial charge is 0.493 e. The van der Waals surface area contributed by atoms with Crippen molar-refractivity contribution in [1.82, 2.24) is 4.90 Å². The van der Waals surface area contributed by atoms with E-state index in [1.807, 2.05) is 6.07 Å². The lowest BCUT2D eigenvalue weighted by Crippen LogP contribution is -2.30. The molecule has 0 amide bonds. The van der Waals surface area contributed by atoms with Crippen molar-refractivity contribution in [3.8, 4) is 34.3 Å². The van der Waals surface area contributed by atoms with E-state index in [1.54, 1.807) is 45.6 Å².